The zero-order chi connectivity index (χ0) is 25.2. The fourth-order valence-electron chi connectivity index (χ4n) is 4.06. The smallest absolute Gasteiger partial charge is 0.357 e. The summed E-state index contributed by atoms with van der Waals surface area (Å²) in [7, 11) is 0. The summed E-state index contributed by atoms with van der Waals surface area (Å²) in [5.41, 5.74) is -1.44. The summed E-state index contributed by atoms with van der Waals surface area (Å²) >= 11 is 0. The molecule has 0 unspecified atom stereocenters. The summed E-state index contributed by atoms with van der Waals surface area (Å²) in [6.45, 7) is 5.69. The molecule has 1 aliphatic heterocycles. The summed E-state index contributed by atoms with van der Waals surface area (Å²) < 4.78 is 41.4. The topological polar surface area (TPSA) is 80.1 Å². The van der Waals surface area contributed by atoms with Gasteiger partial charge in [-0.2, -0.15) is 18.3 Å². The molecule has 3 aromatic rings. The number of hydrogen-bond donors (Lipinski definition) is 1. The highest BCUT2D eigenvalue weighted by molar-refractivity contribution is 5.92. The number of para-hydroxylation sites is 1. The van der Waals surface area contributed by atoms with Gasteiger partial charge in [-0.05, 0) is 49.4 Å². The van der Waals surface area contributed by atoms with E-state index in [1.807, 2.05) is 12.1 Å². The molecule has 0 aliphatic carbocycles. The van der Waals surface area contributed by atoms with Crippen LogP contribution in [0.5, 0.6) is 0 Å². The molecule has 1 fully saturated rings. The van der Waals surface area contributed by atoms with Crippen molar-refractivity contribution in [3.05, 3.63) is 81.4 Å². The molecule has 0 saturated carbocycles. The maximum Gasteiger partial charge on any atom is 0.418 e. The average molecular weight is 486 g/mol. The first-order valence-electron chi connectivity index (χ1n) is 11.4. The minimum absolute atomic E-state index is 0.0945. The molecular formula is C25H26F3N5O2. The van der Waals surface area contributed by atoms with Crippen molar-refractivity contribution in [1.29, 1.82) is 0 Å². The molecule has 2 aromatic heterocycles. The van der Waals surface area contributed by atoms with Crippen molar-refractivity contribution >= 4 is 11.7 Å². The standard InChI is InChI=1S/C25H26F3N5O2/c1-16-9-11-32(12-10-16)22-8-7-18(14-29-22)15-30-24(35)23-21(34)13-17(2)33(31-23)20-6-4-3-5-19(20)25(26,27)28/h3-8,13-14,16H,9-12,15H2,1-2H3,(H,30,35). The molecule has 10 heteroatoms. The third-order valence-electron chi connectivity index (χ3n) is 6.13. The second-order valence-corrected chi connectivity index (χ2v) is 8.80. The Morgan fingerprint density at radius 3 is 2.51 bits per heavy atom. The number of nitrogens with zero attached hydrogens (tertiary/aromatic N) is 4. The van der Waals surface area contributed by atoms with Gasteiger partial charge in [0, 0.05) is 37.6 Å². The predicted octanol–water partition coefficient (Wildman–Crippen LogP) is 4.12. The minimum atomic E-state index is -4.62. The van der Waals surface area contributed by atoms with Crippen molar-refractivity contribution in [2.45, 2.75) is 39.4 Å². The van der Waals surface area contributed by atoms with Gasteiger partial charge in [0.1, 0.15) is 5.82 Å². The van der Waals surface area contributed by atoms with Crippen molar-refractivity contribution in [2.75, 3.05) is 18.0 Å². The van der Waals surface area contributed by atoms with Crippen molar-refractivity contribution in [2.24, 2.45) is 5.92 Å². The molecule has 1 amide bonds. The summed E-state index contributed by atoms with van der Waals surface area (Å²) in [4.78, 5) is 31.8. The van der Waals surface area contributed by atoms with E-state index in [0.29, 0.717) is 5.92 Å². The van der Waals surface area contributed by atoms with Gasteiger partial charge in [-0.15, -0.1) is 0 Å². The molecule has 184 valence electrons. The number of aryl methyl sites for hydroxylation is 1. The Labute approximate surface area is 200 Å². The van der Waals surface area contributed by atoms with Gasteiger partial charge in [-0.25, -0.2) is 9.67 Å². The van der Waals surface area contributed by atoms with Crippen LogP contribution in [0.1, 0.15) is 47.1 Å². The molecule has 0 radical (unpaired) electrons. The van der Waals surface area contributed by atoms with E-state index in [1.165, 1.54) is 25.1 Å². The number of amides is 1. The van der Waals surface area contributed by atoms with E-state index < -0.39 is 28.8 Å². The molecule has 0 atom stereocenters. The number of anilines is 1. The lowest BCUT2D eigenvalue weighted by atomic mass is 9.99. The summed E-state index contributed by atoms with van der Waals surface area (Å²) in [6, 6.07) is 9.71. The van der Waals surface area contributed by atoms with Crippen molar-refractivity contribution in [1.82, 2.24) is 20.1 Å². The number of halogens is 3. The van der Waals surface area contributed by atoms with Gasteiger partial charge < -0.3 is 10.2 Å². The van der Waals surface area contributed by atoms with E-state index >= 15 is 0 Å². The lowest BCUT2D eigenvalue weighted by molar-refractivity contribution is -0.137. The third kappa shape index (κ3) is 5.52. The monoisotopic (exact) mass is 485 g/mol. The summed E-state index contributed by atoms with van der Waals surface area (Å²) in [5.74, 6) is 0.809. The number of hydrogen-bond acceptors (Lipinski definition) is 5. The van der Waals surface area contributed by atoms with Crippen LogP contribution in [0, 0.1) is 12.8 Å². The lowest BCUT2D eigenvalue weighted by Gasteiger charge is -2.31. The van der Waals surface area contributed by atoms with Crippen LogP contribution in [0.2, 0.25) is 0 Å². The summed E-state index contributed by atoms with van der Waals surface area (Å²) in [6.07, 6.45) is -0.724. The summed E-state index contributed by atoms with van der Waals surface area (Å²) in [5, 5.41) is 6.59. The maximum absolute atomic E-state index is 13.5. The quantitative estimate of drug-likeness (QED) is 0.588. The fraction of sp³-hybridized carbons (Fsp3) is 0.360. The van der Waals surface area contributed by atoms with E-state index in [9.17, 15) is 22.8 Å². The first-order chi connectivity index (χ1) is 16.6. The van der Waals surface area contributed by atoms with Gasteiger partial charge in [0.15, 0.2) is 5.69 Å². The Hall–Kier alpha value is -3.69. The number of pyridine rings is 1. The van der Waals surface area contributed by atoms with Crippen molar-refractivity contribution in [3.8, 4) is 5.69 Å². The van der Waals surface area contributed by atoms with Crippen LogP contribution in [0.4, 0.5) is 19.0 Å². The Balaban J connectivity index is 1.50. The van der Waals surface area contributed by atoms with E-state index in [2.05, 4.69) is 27.2 Å². The average Bonchev–Trinajstić information content (AvgIpc) is 2.83. The largest absolute Gasteiger partial charge is 0.418 e. The van der Waals surface area contributed by atoms with Gasteiger partial charge in [-0.3, -0.25) is 9.59 Å². The van der Waals surface area contributed by atoms with Crippen LogP contribution in [-0.2, 0) is 12.7 Å². The molecular weight excluding hydrogens is 459 g/mol. The highest BCUT2D eigenvalue weighted by Gasteiger charge is 2.34. The number of carbonyl (C=O) groups is 1. The number of benzene rings is 1. The second-order valence-electron chi connectivity index (χ2n) is 8.80. The maximum atomic E-state index is 13.5. The first-order valence-corrected chi connectivity index (χ1v) is 11.4. The molecule has 0 spiro atoms. The van der Waals surface area contributed by atoms with Gasteiger partial charge in [-0.1, -0.05) is 25.1 Å². The number of alkyl halides is 3. The molecule has 1 aromatic carbocycles. The molecule has 0 bridgehead atoms. The van der Waals surface area contributed by atoms with E-state index in [-0.39, 0.29) is 17.9 Å². The van der Waals surface area contributed by atoms with Gasteiger partial charge >= 0.3 is 6.18 Å². The number of aromatic nitrogens is 3. The minimum Gasteiger partial charge on any atom is -0.357 e. The normalized spacial score (nSPS) is 14.7. The predicted molar refractivity (Wildman–Crippen MR) is 126 cm³/mol. The highest BCUT2D eigenvalue weighted by atomic mass is 19.4. The van der Waals surface area contributed by atoms with Gasteiger partial charge in [0.25, 0.3) is 5.91 Å². The Morgan fingerprint density at radius 2 is 1.86 bits per heavy atom. The number of carbonyl (C=O) groups excluding carboxylic acids is 1. The van der Waals surface area contributed by atoms with Crippen LogP contribution in [-0.4, -0.2) is 33.8 Å². The zero-order valence-electron chi connectivity index (χ0n) is 19.5. The van der Waals surface area contributed by atoms with Crippen molar-refractivity contribution in [3.63, 3.8) is 0 Å². The molecule has 1 N–H and O–H groups in total. The van der Waals surface area contributed by atoms with Crippen molar-refractivity contribution < 1.29 is 18.0 Å². The van der Waals surface area contributed by atoms with Crippen LogP contribution in [0.15, 0.2) is 53.5 Å². The highest BCUT2D eigenvalue weighted by Crippen LogP contribution is 2.33. The molecule has 1 aliphatic rings. The fourth-order valence-corrected chi connectivity index (χ4v) is 4.06. The van der Waals surface area contributed by atoms with E-state index in [1.54, 1.807) is 6.20 Å². The molecule has 7 nitrogen and oxygen atoms in total. The van der Waals surface area contributed by atoms with Crippen LogP contribution in [0.25, 0.3) is 5.69 Å². The number of rotatable bonds is 5. The SMILES string of the molecule is Cc1cc(=O)c(C(=O)NCc2ccc(N3CCC(C)CC3)nc2)nn1-c1ccccc1C(F)(F)F. The van der Waals surface area contributed by atoms with Crippen LogP contribution in [0.3, 0.4) is 0 Å². The first kappa shape index (κ1) is 24.4. The van der Waals surface area contributed by atoms with Gasteiger partial charge in [0.05, 0.1) is 11.3 Å². The van der Waals surface area contributed by atoms with E-state index in [4.69, 9.17) is 0 Å². The van der Waals surface area contributed by atoms with E-state index in [0.717, 1.165) is 54.1 Å². The van der Waals surface area contributed by atoms with Gasteiger partial charge in [0.2, 0.25) is 5.43 Å². The molecule has 1 saturated heterocycles. The lowest BCUT2D eigenvalue weighted by Crippen LogP contribution is -2.33. The Bertz CT molecular complexity index is 1260. The second kappa shape index (κ2) is 9.89. The number of piperidine rings is 1. The molecule has 3 heterocycles. The zero-order valence-corrected chi connectivity index (χ0v) is 19.5. The van der Waals surface area contributed by atoms with Crippen LogP contribution < -0.4 is 15.6 Å². The third-order valence-corrected chi connectivity index (χ3v) is 6.13. The molecule has 4 rings (SSSR count). The van der Waals surface area contributed by atoms with Crippen LogP contribution >= 0.6 is 0 Å². The molecule has 35 heavy (non-hydrogen) atoms. The Kier molecular flexibility index (Phi) is 6.90. The number of nitrogens with one attached hydrogen (secondary N) is 1. The Morgan fingerprint density at radius 1 is 1.14 bits per heavy atom.